The second kappa shape index (κ2) is 4.75. The minimum atomic E-state index is 0.0856. The van der Waals surface area contributed by atoms with Gasteiger partial charge in [-0.15, -0.1) is 11.8 Å². The number of carbonyl (C=O) groups excluding carboxylic acids is 1. The predicted octanol–water partition coefficient (Wildman–Crippen LogP) is 3.46. The van der Waals surface area contributed by atoms with Crippen molar-refractivity contribution >= 4 is 29.1 Å². The molecule has 0 saturated heterocycles. The fourth-order valence-electron chi connectivity index (χ4n) is 1.82. The monoisotopic (exact) mass is 267 g/mol. The predicted molar refractivity (Wildman–Crippen MR) is 72.9 cm³/mol. The van der Waals surface area contributed by atoms with Crippen molar-refractivity contribution < 1.29 is 4.79 Å². The van der Waals surface area contributed by atoms with Gasteiger partial charge in [0, 0.05) is 46.6 Å². The zero-order valence-corrected chi connectivity index (χ0v) is 11.6. The van der Waals surface area contributed by atoms with Crippen LogP contribution in [0.1, 0.15) is 17.3 Å². The van der Waals surface area contributed by atoms with Crippen molar-refractivity contribution in [2.45, 2.75) is 17.1 Å². The first-order chi connectivity index (χ1) is 7.99. The molecule has 0 saturated carbocycles. The molecule has 1 atom stereocenters. The number of benzene rings is 1. The van der Waals surface area contributed by atoms with E-state index in [9.17, 15) is 4.79 Å². The SMILES string of the molecule is C[C@@H]1Sc2ccc(Cl)cc2C(=O)/C1=C/N(C)C. The molecular formula is C13H14ClNOS. The summed E-state index contributed by atoms with van der Waals surface area (Å²) in [6, 6.07) is 5.50. The van der Waals surface area contributed by atoms with Gasteiger partial charge < -0.3 is 4.90 Å². The third-order valence-corrected chi connectivity index (χ3v) is 4.04. The van der Waals surface area contributed by atoms with Crippen LogP contribution in [0.4, 0.5) is 0 Å². The number of rotatable bonds is 1. The number of hydrogen-bond donors (Lipinski definition) is 0. The van der Waals surface area contributed by atoms with Gasteiger partial charge in [-0.1, -0.05) is 11.6 Å². The Morgan fingerprint density at radius 1 is 1.41 bits per heavy atom. The summed E-state index contributed by atoms with van der Waals surface area (Å²) in [4.78, 5) is 15.3. The van der Waals surface area contributed by atoms with Crippen molar-refractivity contribution in [2.24, 2.45) is 0 Å². The van der Waals surface area contributed by atoms with Gasteiger partial charge in [0.2, 0.25) is 0 Å². The number of carbonyl (C=O) groups is 1. The molecule has 0 amide bonds. The summed E-state index contributed by atoms with van der Waals surface area (Å²) in [6.07, 6.45) is 1.89. The Kier molecular flexibility index (Phi) is 3.50. The van der Waals surface area contributed by atoms with Crippen LogP contribution in [0.3, 0.4) is 0 Å². The van der Waals surface area contributed by atoms with Gasteiger partial charge in [-0.25, -0.2) is 0 Å². The first kappa shape index (κ1) is 12.5. The molecule has 0 fully saturated rings. The van der Waals surface area contributed by atoms with Gasteiger partial charge in [0.05, 0.1) is 0 Å². The molecule has 2 rings (SSSR count). The highest BCUT2D eigenvalue weighted by Gasteiger charge is 2.28. The lowest BCUT2D eigenvalue weighted by molar-refractivity contribution is 0.102. The molecule has 4 heteroatoms. The van der Waals surface area contributed by atoms with E-state index in [1.54, 1.807) is 17.8 Å². The molecule has 1 aromatic rings. The Morgan fingerprint density at radius 2 is 2.12 bits per heavy atom. The number of nitrogens with zero attached hydrogens (tertiary/aromatic N) is 1. The van der Waals surface area contributed by atoms with Crippen LogP contribution in [0.15, 0.2) is 34.9 Å². The van der Waals surface area contributed by atoms with Crippen LogP contribution >= 0.6 is 23.4 Å². The molecule has 0 spiro atoms. The van der Waals surface area contributed by atoms with E-state index >= 15 is 0 Å². The molecule has 0 aliphatic carbocycles. The van der Waals surface area contributed by atoms with Crippen LogP contribution in [-0.4, -0.2) is 30.0 Å². The van der Waals surface area contributed by atoms with Crippen molar-refractivity contribution in [1.29, 1.82) is 0 Å². The summed E-state index contributed by atoms with van der Waals surface area (Å²) < 4.78 is 0. The molecule has 0 bridgehead atoms. The fourth-order valence-corrected chi connectivity index (χ4v) is 3.09. The van der Waals surface area contributed by atoms with E-state index in [2.05, 4.69) is 6.92 Å². The standard InChI is InChI=1S/C13H14ClNOS/c1-8-11(7-15(2)3)13(16)10-6-9(14)4-5-12(10)17-8/h4-8H,1-3H3/b11-7+/t8-/m0/s1. The van der Waals surface area contributed by atoms with Crippen LogP contribution in [0.5, 0.6) is 0 Å². The van der Waals surface area contributed by atoms with E-state index in [0.29, 0.717) is 10.6 Å². The summed E-state index contributed by atoms with van der Waals surface area (Å²) in [5.74, 6) is 0.0856. The van der Waals surface area contributed by atoms with Crippen molar-refractivity contribution in [3.05, 3.63) is 40.6 Å². The van der Waals surface area contributed by atoms with Gasteiger partial charge >= 0.3 is 0 Å². The number of thioether (sulfide) groups is 1. The lowest BCUT2D eigenvalue weighted by Crippen LogP contribution is -2.21. The van der Waals surface area contributed by atoms with Gasteiger partial charge in [-0.2, -0.15) is 0 Å². The molecule has 2 nitrogen and oxygen atoms in total. The summed E-state index contributed by atoms with van der Waals surface area (Å²) in [6.45, 7) is 2.05. The molecule has 17 heavy (non-hydrogen) atoms. The summed E-state index contributed by atoms with van der Waals surface area (Å²) >= 11 is 7.64. The number of fused-ring (bicyclic) bond motifs is 1. The average molecular weight is 268 g/mol. The Labute approximate surface area is 111 Å². The number of halogens is 1. The molecule has 1 heterocycles. The van der Waals surface area contributed by atoms with Crippen LogP contribution < -0.4 is 0 Å². The van der Waals surface area contributed by atoms with Crippen LogP contribution in [0.2, 0.25) is 5.02 Å². The van der Waals surface area contributed by atoms with E-state index in [0.717, 1.165) is 10.5 Å². The highest BCUT2D eigenvalue weighted by atomic mass is 35.5. The first-order valence-corrected chi connectivity index (χ1v) is 6.64. The van der Waals surface area contributed by atoms with Gasteiger partial charge in [-0.3, -0.25) is 4.79 Å². The third kappa shape index (κ3) is 2.50. The number of ketones is 1. The smallest absolute Gasteiger partial charge is 0.192 e. The lowest BCUT2D eigenvalue weighted by Gasteiger charge is -2.24. The normalized spacial score (nSPS) is 21.5. The summed E-state index contributed by atoms with van der Waals surface area (Å²) in [7, 11) is 3.84. The minimum absolute atomic E-state index is 0.0856. The van der Waals surface area contributed by atoms with E-state index in [-0.39, 0.29) is 11.0 Å². The summed E-state index contributed by atoms with van der Waals surface area (Å²) in [5.41, 5.74) is 1.54. The maximum absolute atomic E-state index is 12.3. The van der Waals surface area contributed by atoms with Crippen LogP contribution in [-0.2, 0) is 0 Å². The average Bonchev–Trinajstić information content (AvgIpc) is 2.25. The maximum Gasteiger partial charge on any atom is 0.192 e. The molecule has 0 N–H and O–H groups in total. The largest absolute Gasteiger partial charge is 0.383 e. The van der Waals surface area contributed by atoms with E-state index in [1.165, 1.54) is 0 Å². The molecule has 90 valence electrons. The van der Waals surface area contributed by atoms with Crippen molar-refractivity contribution in [2.75, 3.05) is 14.1 Å². The van der Waals surface area contributed by atoms with Gasteiger partial charge in [-0.05, 0) is 25.1 Å². The number of hydrogen-bond acceptors (Lipinski definition) is 3. The minimum Gasteiger partial charge on any atom is -0.383 e. The molecule has 1 aromatic carbocycles. The van der Waals surface area contributed by atoms with Crippen molar-refractivity contribution in [3.8, 4) is 0 Å². The second-order valence-electron chi connectivity index (χ2n) is 4.28. The lowest BCUT2D eigenvalue weighted by atomic mass is 10.0. The molecule has 0 aromatic heterocycles. The summed E-state index contributed by atoms with van der Waals surface area (Å²) in [5, 5.41) is 0.787. The molecule has 1 aliphatic heterocycles. The Bertz CT molecular complexity index is 496. The van der Waals surface area contributed by atoms with Crippen molar-refractivity contribution in [3.63, 3.8) is 0 Å². The Hall–Kier alpha value is -0.930. The van der Waals surface area contributed by atoms with E-state index in [4.69, 9.17) is 11.6 Å². The molecular weight excluding hydrogens is 254 g/mol. The number of Topliss-reactive ketones (excluding diaryl/α,β-unsaturated/α-hetero) is 1. The van der Waals surface area contributed by atoms with Gasteiger partial charge in [0.25, 0.3) is 0 Å². The maximum atomic E-state index is 12.3. The van der Waals surface area contributed by atoms with Gasteiger partial charge in [0.1, 0.15) is 0 Å². The topological polar surface area (TPSA) is 20.3 Å². The quantitative estimate of drug-likeness (QED) is 0.727. The molecule has 0 radical (unpaired) electrons. The fraction of sp³-hybridized carbons (Fsp3) is 0.308. The van der Waals surface area contributed by atoms with Crippen LogP contribution in [0.25, 0.3) is 0 Å². The zero-order valence-electron chi connectivity index (χ0n) is 10.0. The second-order valence-corrected chi connectivity index (χ2v) is 6.10. The van der Waals surface area contributed by atoms with Crippen molar-refractivity contribution in [1.82, 2.24) is 4.90 Å². The highest BCUT2D eigenvalue weighted by Crippen LogP contribution is 2.39. The van der Waals surface area contributed by atoms with E-state index in [1.807, 2.05) is 37.3 Å². The Balaban J connectivity index is 2.49. The Morgan fingerprint density at radius 3 is 2.76 bits per heavy atom. The van der Waals surface area contributed by atoms with Gasteiger partial charge in [0.15, 0.2) is 5.78 Å². The third-order valence-electron chi connectivity index (χ3n) is 2.59. The first-order valence-electron chi connectivity index (χ1n) is 5.38. The molecule has 1 aliphatic rings. The molecule has 0 unspecified atom stereocenters. The zero-order chi connectivity index (χ0) is 12.6. The van der Waals surface area contributed by atoms with E-state index < -0.39 is 0 Å². The highest BCUT2D eigenvalue weighted by molar-refractivity contribution is 8.00. The van der Waals surface area contributed by atoms with Crippen LogP contribution in [0, 0.1) is 0 Å².